The molecule has 0 spiro atoms. The van der Waals surface area contributed by atoms with Crippen molar-refractivity contribution >= 4 is 6.71 Å². The SMILES string of the molecule is CC[C@@H](C)[BH-]([C@H](C)CC)[C@@H](C)CC. The molecule has 0 N–H and O–H groups in total. The monoisotopic (exact) mass is 183 g/mol. The summed E-state index contributed by atoms with van der Waals surface area (Å²) in [6.45, 7) is 14.5. The van der Waals surface area contributed by atoms with Crippen LogP contribution in [0.1, 0.15) is 60.8 Å². The highest BCUT2D eigenvalue weighted by atomic mass is 14.1. The van der Waals surface area contributed by atoms with Crippen molar-refractivity contribution in [3.8, 4) is 0 Å². The van der Waals surface area contributed by atoms with Gasteiger partial charge in [0.1, 0.15) is 0 Å². The fourth-order valence-corrected chi connectivity index (χ4v) is 3.06. The first-order valence-corrected chi connectivity index (χ1v) is 6.30. The van der Waals surface area contributed by atoms with Crippen molar-refractivity contribution in [3.05, 3.63) is 0 Å². The molecule has 0 unspecified atom stereocenters. The van der Waals surface area contributed by atoms with Gasteiger partial charge in [-0.2, -0.15) is 17.5 Å². The lowest BCUT2D eigenvalue weighted by Crippen LogP contribution is -2.28. The van der Waals surface area contributed by atoms with Gasteiger partial charge in [0.15, 0.2) is 0 Å². The highest BCUT2D eigenvalue weighted by molar-refractivity contribution is 6.63. The van der Waals surface area contributed by atoms with Crippen LogP contribution in [0.4, 0.5) is 0 Å². The normalized spacial score (nSPS) is 18.7. The maximum absolute atomic E-state index is 2.46. The minimum atomic E-state index is 0.0625. The van der Waals surface area contributed by atoms with Crippen molar-refractivity contribution in [2.45, 2.75) is 78.3 Å². The molecule has 0 aliphatic rings. The molecule has 13 heavy (non-hydrogen) atoms. The third-order valence-corrected chi connectivity index (χ3v) is 4.50. The van der Waals surface area contributed by atoms with E-state index in [1.54, 1.807) is 0 Å². The molecule has 0 rings (SSSR count). The highest BCUT2D eigenvalue weighted by Gasteiger charge is 2.19. The second kappa shape index (κ2) is 6.51. The van der Waals surface area contributed by atoms with E-state index in [9.17, 15) is 0 Å². The van der Waals surface area contributed by atoms with E-state index in [0.717, 1.165) is 17.5 Å². The summed E-state index contributed by atoms with van der Waals surface area (Å²) < 4.78 is 0. The van der Waals surface area contributed by atoms with Crippen LogP contribution >= 0.6 is 0 Å². The lowest BCUT2D eigenvalue weighted by Gasteiger charge is -2.39. The van der Waals surface area contributed by atoms with Crippen LogP contribution in [0, 0.1) is 0 Å². The van der Waals surface area contributed by atoms with Gasteiger partial charge in [0.2, 0.25) is 0 Å². The summed E-state index contributed by atoms with van der Waals surface area (Å²) in [6.07, 6.45) is 4.11. The largest absolute Gasteiger partial charge is 0.172 e. The smallest absolute Gasteiger partial charge is 0.00764 e. The second-order valence-corrected chi connectivity index (χ2v) is 5.25. The molecule has 3 atom stereocenters. The van der Waals surface area contributed by atoms with E-state index in [2.05, 4.69) is 41.5 Å². The topological polar surface area (TPSA) is 0 Å². The van der Waals surface area contributed by atoms with Crippen molar-refractivity contribution < 1.29 is 0 Å². The Morgan fingerprint density at radius 3 is 1.08 bits per heavy atom. The molecule has 0 amide bonds. The van der Waals surface area contributed by atoms with Crippen LogP contribution in [-0.4, -0.2) is 6.71 Å². The minimum absolute atomic E-state index is 0.0625. The van der Waals surface area contributed by atoms with Crippen LogP contribution in [0.3, 0.4) is 0 Å². The molecule has 0 saturated heterocycles. The first-order valence-electron chi connectivity index (χ1n) is 6.30. The summed E-state index contributed by atoms with van der Waals surface area (Å²) in [5.74, 6) is 2.93. The predicted molar refractivity (Wildman–Crippen MR) is 66.3 cm³/mol. The van der Waals surface area contributed by atoms with E-state index in [0.29, 0.717) is 0 Å². The van der Waals surface area contributed by atoms with E-state index in [4.69, 9.17) is 0 Å². The average molecular weight is 183 g/mol. The fourth-order valence-electron chi connectivity index (χ4n) is 3.06. The molecule has 0 aromatic carbocycles. The minimum Gasteiger partial charge on any atom is -0.172 e. The maximum atomic E-state index is 2.46. The molecule has 0 aromatic rings. The zero-order chi connectivity index (χ0) is 10.4. The molecule has 1 heteroatoms. The predicted octanol–water partition coefficient (Wildman–Crippen LogP) is 4.61. The molecule has 0 radical (unpaired) electrons. The van der Waals surface area contributed by atoms with Crippen molar-refractivity contribution in [3.63, 3.8) is 0 Å². The summed E-state index contributed by atoms with van der Waals surface area (Å²) in [4.78, 5) is 0. The molecule has 80 valence electrons. The van der Waals surface area contributed by atoms with E-state index in [1.165, 1.54) is 19.3 Å². The van der Waals surface area contributed by atoms with Gasteiger partial charge in [-0.05, 0) is 6.71 Å². The Bertz CT molecular complexity index is 98.5. The molecular weight excluding hydrogens is 155 g/mol. The molecule has 0 nitrogen and oxygen atoms in total. The third kappa shape index (κ3) is 3.75. The standard InChI is InChI=1S/C12H28B/c1-7-10(4)13(11(5)8-2)12(6)9-3/h10-13H,7-9H2,1-6H3/q-1/t10-,11-,12+/m1/s1. The van der Waals surface area contributed by atoms with Crippen LogP contribution < -0.4 is 0 Å². The Balaban J connectivity index is 4.34. The van der Waals surface area contributed by atoms with Gasteiger partial charge >= 0.3 is 0 Å². The summed E-state index contributed by atoms with van der Waals surface area (Å²) in [5.41, 5.74) is 0. The van der Waals surface area contributed by atoms with Crippen molar-refractivity contribution in [1.29, 1.82) is 0 Å². The fraction of sp³-hybridized carbons (Fsp3) is 1.00. The molecule has 0 heterocycles. The zero-order valence-corrected chi connectivity index (χ0v) is 10.6. The summed E-state index contributed by atoms with van der Waals surface area (Å²) in [7, 11) is 0. The number of hydrogen-bond donors (Lipinski definition) is 0. The van der Waals surface area contributed by atoms with Crippen molar-refractivity contribution in [2.24, 2.45) is 0 Å². The molecular formula is C12H28B-. The molecule has 0 aromatic heterocycles. The first-order chi connectivity index (χ1) is 6.08. The Morgan fingerprint density at radius 2 is 0.923 bits per heavy atom. The van der Waals surface area contributed by atoms with Gasteiger partial charge in [0.05, 0.1) is 0 Å². The molecule has 0 aliphatic carbocycles. The van der Waals surface area contributed by atoms with E-state index in [-0.39, 0.29) is 6.71 Å². The van der Waals surface area contributed by atoms with E-state index >= 15 is 0 Å². The van der Waals surface area contributed by atoms with Crippen LogP contribution in [0.5, 0.6) is 0 Å². The first kappa shape index (κ1) is 13.1. The Kier molecular flexibility index (Phi) is 6.54. The van der Waals surface area contributed by atoms with Crippen molar-refractivity contribution in [1.82, 2.24) is 0 Å². The zero-order valence-electron chi connectivity index (χ0n) is 10.6. The Hall–Kier alpha value is 0.0649. The second-order valence-electron chi connectivity index (χ2n) is 5.25. The van der Waals surface area contributed by atoms with E-state index < -0.39 is 0 Å². The van der Waals surface area contributed by atoms with Gasteiger partial charge in [0, 0.05) is 0 Å². The van der Waals surface area contributed by atoms with Crippen molar-refractivity contribution in [2.75, 3.05) is 0 Å². The highest BCUT2D eigenvalue weighted by Crippen LogP contribution is 2.35. The molecule has 0 bridgehead atoms. The van der Waals surface area contributed by atoms with Gasteiger partial charge in [-0.1, -0.05) is 60.8 Å². The van der Waals surface area contributed by atoms with Gasteiger partial charge < -0.3 is 0 Å². The van der Waals surface area contributed by atoms with Gasteiger partial charge in [-0.3, -0.25) is 0 Å². The van der Waals surface area contributed by atoms with Crippen LogP contribution in [0.25, 0.3) is 0 Å². The lowest BCUT2D eigenvalue weighted by atomic mass is 9.28. The molecule has 0 fully saturated rings. The molecule has 0 aliphatic heterocycles. The lowest BCUT2D eigenvalue weighted by molar-refractivity contribution is 0.720. The summed E-state index contributed by atoms with van der Waals surface area (Å²) in [6, 6.07) is 0. The molecule has 0 saturated carbocycles. The van der Waals surface area contributed by atoms with Gasteiger partial charge in [0.25, 0.3) is 0 Å². The number of rotatable bonds is 6. The number of hydrogen-bond acceptors (Lipinski definition) is 0. The summed E-state index contributed by atoms with van der Waals surface area (Å²) >= 11 is 0. The van der Waals surface area contributed by atoms with E-state index in [1.807, 2.05) is 0 Å². The third-order valence-electron chi connectivity index (χ3n) is 4.50. The summed E-state index contributed by atoms with van der Waals surface area (Å²) in [5, 5.41) is 0. The maximum Gasteiger partial charge on any atom is -0.00764 e. The van der Waals surface area contributed by atoms with Crippen LogP contribution in [0.15, 0.2) is 0 Å². The van der Waals surface area contributed by atoms with Gasteiger partial charge in [-0.15, -0.1) is 0 Å². The Labute approximate surface area is 85.6 Å². The van der Waals surface area contributed by atoms with Crippen LogP contribution in [0.2, 0.25) is 17.5 Å². The average Bonchev–Trinajstić information content (AvgIpc) is 2.16. The quantitative estimate of drug-likeness (QED) is 0.527. The van der Waals surface area contributed by atoms with Crippen LogP contribution in [-0.2, 0) is 0 Å². The Morgan fingerprint density at radius 1 is 0.692 bits per heavy atom. The van der Waals surface area contributed by atoms with Gasteiger partial charge in [-0.25, -0.2) is 0 Å².